The highest BCUT2D eigenvalue weighted by Crippen LogP contribution is 2.20. The Morgan fingerprint density at radius 3 is 0.506 bits per heavy atom. The lowest BCUT2D eigenvalue weighted by molar-refractivity contribution is -0.167. The molecule has 1 atom stereocenters. The number of ether oxygens (including phenoxy) is 3. The van der Waals surface area contributed by atoms with Crippen LogP contribution in [0.4, 0.5) is 0 Å². The number of carbonyl (C=O) groups is 3. The van der Waals surface area contributed by atoms with Crippen LogP contribution in [0.2, 0.25) is 0 Å². The molecule has 6 nitrogen and oxygen atoms in total. The fourth-order valence-corrected chi connectivity index (χ4v) is 11.6. The Balaban J connectivity index is 3.82. The Hall–Kier alpha value is -1.59. The summed E-state index contributed by atoms with van der Waals surface area (Å²) in [6, 6.07) is 0. The molecule has 0 aliphatic carbocycles. The SMILES string of the molecule is CCCCCCCCCCCCCCCCCCCCCCCCCCCCCCCCCCCCCC(=O)OCC(COC(=O)CCCCCCC)OC(=O)CCCCCCCCCCCCCCCCCCCCCCC. The van der Waals surface area contributed by atoms with Crippen molar-refractivity contribution in [1.82, 2.24) is 0 Å². The van der Waals surface area contributed by atoms with Gasteiger partial charge in [0.25, 0.3) is 0 Å². The molecule has 0 aliphatic heterocycles. The van der Waals surface area contributed by atoms with Gasteiger partial charge in [0.05, 0.1) is 0 Å². The van der Waals surface area contributed by atoms with Gasteiger partial charge >= 0.3 is 17.9 Å². The quantitative estimate of drug-likeness (QED) is 0.0343. The van der Waals surface area contributed by atoms with Crippen LogP contribution < -0.4 is 0 Å². The minimum atomic E-state index is -0.761. The van der Waals surface area contributed by atoms with Crippen LogP contribution in [0.5, 0.6) is 0 Å². The summed E-state index contributed by atoms with van der Waals surface area (Å²) in [5, 5.41) is 0. The molecule has 79 heavy (non-hydrogen) atoms. The molecule has 0 heterocycles. The van der Waals surface area contributed by atoms with Crippen molar-refractivity contribution < 1.29 is 28.6 Å². The van der Waals surface area contributed by atoms with Gasteiger partial charge in [-0.25, -0.2) is 0 Å². The van der Waals surface area contributed by atoms with Crippen LogP contribution >= 0.6 is 0 Å². The summed E-state index contributed by atoms with van der Waals surface area (Å²) in [4.78, 5) is 38.0. The molecule has 0 fully saturated rings. The highest BCUT2D eigenvalue weighted by Gasteiger charge is 2.19. The summed E-state index contributed by atoms with van der Waals surface area (Å²) in [6.45, 7) is 6.65. The van der Waals surface area contributed by atoms with Gasteiger partial charge in [0.15, 0.2) is 6.10 Å². The Morgan fingerprint density at radius 2 is 0.342 bits per heavy atom. The van der Waals surface area contributed by atoms with Crippen LogP contribution in [0.15, 0.2) is 0 Å². The van der Waals surface area contributed by atoms with Crippen LogP contribution in [-0.2, 0) is 28.6 Å². The lowest BCUT2D eigenvalue weighted by Gasteiger charge is -2.18. The average Bonchev–Trinajstić information content (AvgIpc) is 3.45. The lowest BCUT2D eigenvalue weighted by Crippen LogP contribution is -2.30. The average molecular weight is 1120 g/mol. The second kappa shape index (κ2) is 68.9. The minimum absolute atomic E-state index is 0.0622. The summed E-state index contributed by atoms with van der Waals surface area (Å²) in [5.41, 5.74) is 0. The number of rotatable bonds is 69. The molecule has 0 spiro atoms. The molecule has 0 aromatic rings. The first-order valence-electron chi connectivity index (χ1n) is 36.5. The first kappa shape index (κ1) is 77.4. The molecular weight excluding hydrogens is 973 g/mol. The Labute approximate surface area is 495 Å². The van der Waals surface area contributed by atoms with E-state index in [0.717, 1.165) is 64.2 Å². The summed E-state index contributed by atoms with van der Waals surface area (Å²) in [5.74, 6) is -0.843. The van der Waals surface area contributed by atoms with Gasteiger partial charge in [-0.1, -0.05) is 393 Å². The molecule has 0 N–H and O–H groups in total. The van der Waals surface area contributed by atoms with E-state index >= 15 is 0 Å². The zero-order valence-corrected chi connectivity index (χ0v) is 54.2. The van der Waals surface area contributed by atoms with Crippen LogP contribution in [0.1, 0.15) is 432 Å². The highest BCUT2D eigenvalue weighted by atomic mass is 16.6. The van der Waals surface area contributed by atoms with Gasteiger partial charge in [-0.15, -0.1) is 0 Å². The monoisotopic (exact) mass is 1120 g/mol. The largest absolute Gasteiger partial charge is 0.462 e. The second-order valence-corrected chi connectivity index (χ2v) is 25.2. The van der Waals surface area contributed by atoms with Crippen molar-refractivity contribution in [2.24, 2.45) is 0 Å². The zero-order chi connectivity index (χ0) is 57.1. The third-order valence-electron chi connectivity index (χ3n) is 17.1. The van der Waals surface area contributed by atoms with Crippen molar-refractivity contribution >= 4 is 17.9 Å². The molecule has 6 heteroatoms. The van der Waals surface area contributed by atoms with Crippen LogP contribution in [0.25, 0.3) is 0 Å². The predicted octanol–water partition coefficient (Wildman–Crippen LogP) is 25.0. The maximum atomic E-state index is 12.8. The molecule has 0 aromatic heterocycles. The molecule has 0 aromatic carbocycles. The van der Waals surface area contributed by atoms with E-state index in [-0.39, 0.29) is 31.1 Å². The number of hydrogen-bond donors (Lipinski definition) is 0. The second-order valence-electron chi connectivity index (χ2n) is 25.2. The van der Waals surface area contributed by atoms with E-state index in [4.69, 9.17) is 14.2 Å². The summed E-state index contributed by atoms with van der Waals surface area (Å²) in [7, 11) is 0. The normalized spacial score (nSPS) is 11.9. The van der Waals surface area contributed by atoms with Crippen molar-refractivity contribution in [3.05, 3.63) is 0 Å². The molecule has 0 radical (unpaired) electrons. The Bertz CT molecular complexity index is 1190. The van der Waals surface area contributed by atoms with Crippen LogP contribution in [0.3, 0.4) is 0 Å². The molecule has 0 aliphatic rings. The number of esters is 3. The minimum Gasteiger partial charge on any atom is -0.462 e. The summed E-state index contributed by atoms with van der Waals surface area (Å²) in [6.07, 6.45) is 82.2. The van der Waals surface area contributed by atoms with E-state index < -0.39 is 6.10 Å². The van der Waals surface area contributed by atoms with E-state index in [1.54, 1.807) is 0 Å². The fourth-order valence-electron chi connectivity index (χ4n) is 11.6. The number of unbranched alkanes of at least 4 members (excludes halogenated alkanes) is 58. The molecule has 0 bridgehead atoms. The van der Waals surface area contributed by atoms with Gasteiger partial charge in [0.2, 0.25) is 0 Å². The summed E-state index contributed by atoms with van der Waals surface area (Å²) >= 11 is 0. The van der Waals surface area contributed by atoms with Gasteiger partial charge < -0.3 is 14.2 Å². The topological polar surface area (TPSA) is 78.9 Å². The van der Waals surface area contributed by atoms with Crippen molar-refractivity contribution in [3.8, 4) is 0 Å². The Kier molecular flexibility index (Phi) is 67.5. The third-order valence-corrected chi connectivity index (χ3v) is 17.1. The molecule has 470 valence electrons. The molecule has 0 rings (SSSR count). The van der Waals surface area contributed by atoms with Crippen molar-refractivity contribution in [2.45, 2.75) is 438 Å². The third kappa shape index (κ3) is 67.1. The lowest BCUT2D eigenvalue weighted by atomic mass is 10.0. The van der Waals surface area contributed by atoms with Crippen LogP contribution in [-0.4, -0.2) is 37.2 Å². The Morgan fingerprint density at radius 1 is 0.203 bits per heavy atom. The van der Waals surface area contributed by atoms with E-state index in [9.17, 15) is 14.4 Å². The molecule has 0 saturated heterocycles. The molecular formula is C73H142O6. The van der Waals surface area contributed by atoms with Gasteiger partial charge in [-0.05, 0) is 19.3 Å². The summed E-state index contributed by atoms with van der Waals surface area (Å²) < 4.78 is 16.8. The van der Waals surface area contributed by atoms with E-state index in [2.05, 4.69) is 20.8 Å². The fraction of sp³-hybridized carbons (Fsp3) is 0.959. The van der Waals surface area contributed by atoms with Gasteiger partial charge in [0.1, 0.15) is 13.2 Å². The van der Waals surface area contributed by atoms with E-state index in [1.165, 1.54) is 327 Å². The first-order valence-corrected chi connectivity index (χ1v) is 36.5. The standard InChI is InChI=1S/C73H142O6/c1-4-7-10-13-15-17-19-21-23-25-27-29-30-31-32-33-34-35-36-37-38-39-40-41-42-44-45-47-49-51-53-55-57-60-63-66-72(75)78-69-70(68-77-71(74)65-62-59-12-9-6-3)79-73(76)67-64-61-58-56-54-52-50-48-46-43-28-26-24-22-20-18-16-14-11-8-5-2/h70H,4-69H2,1-3H3. The van der Waals surface area contributed by atoms with E-state index in [0.29, 0.717) is 19.3 Å². The maximum absolute atomic E-state index is 12.8. The van der Waals surface area contributed by atoms with Gasteiger partial charge in [0, 0.05) is 19.3 Å². The smallest absolute Gasteiger partial charge is 0.306 e. The van der Waals surface area contributed by atoms with Crippen molar-refractivity contribution in [2.75, 3.05) is 13.2 Å². The highest BCUT2D eigenvalue weighted by molar-refractivity contribution is 5.71. The zero-order valence-electron chi connectivity index (χ0n) is 54.2. The van der Waals surface area contributed by atoms with Crippen molar-refractivity contribution in [3.63, 3.8) is 0 Å². The van der Waals surface area contributed by atoms with Crippen LogP contribution in [0, 0.1) is 0 Å². The molecule has 0 amide bonds. The van der Waals surface area contributed by atoms with Crippen molar-refractivity contribution in [1.29, 1.82) is 0 Å². The molecule has 0 saturated carbocycles. The number of hydrogen-bond acceptors (Lipinski definition) is 6. The van der Waals surface area contributed by atoms with Gasteiger partial charge in [-0.3, -0.25) is 14.4 Å². The predicted molar refractivity (Wildman–Crippen MR) is 344 cm³/mol. The maximum Gasteiger partial charge on any atom is 0.306 e. The van der Waals surface area contributed by atoms with Gasteiger partial charge in [-0.2, -0.15) is 0 Å². The molecule has 1 unspecified atom stereocenters. The van der Waals surface area contributed by atoms with E-state index in [1.807, 2.05) is 0 Å². The number of carbonyl (C=O) groups excluding carboxylic acids is 3. The first-order chi connectivity index (χ1) is 39.0.